The van der Waals surface area contributed by atoms with Crippen LogP contribution in [0.5, 0.6) is 0 Å². The molecular weight excluding hydrogens is 306 g/mol. The van der Waals surface area contributed by atoms with Crippen molar-refractivity contribution < 1.29 is 0 Å². The number of nitrogens with zero attached hydrogens (tertiary/aromatic N) is 1. The van der Waals surface area contributed by atoms with E-state index in [2.05, 4.69) is 72.3 Å². The van der Waals surface area contributed by atoms with Gasteiger partial charge in [-0.25, -0.2) is 0 Å². The van der Waals surface area contributed by atoms with E-state index in [1.165, 1.54) is 33.4 Å². The van der Waals surface area contributed by atoms with Crippen molar-refractivity contribution >= 4 is 16.6 Å². The van der Waals surface area contributed by atoms with Gasteiger partial charge in [-0.2, -0.15) is 0 Å². The summed E-state index contributed by atoms with van der Waals surface area (Å²) < 4.78 is 0. The summed E-state index contributed by atoms with van der Waals surface area (Å²) in [7, 11) is 0. The number of unbranched alkanes of at least 4 members (excludes halogenated alkanes) is 1. The van der Waals surface area contributed by atoms with E-state index in [4.69, 9.17) is 5.73 Å². The number of nitrogens with one attached hydrogen (secondary N) is 1. The van der Waals surface area contributed by atoms with Crippen LogP contribution < -0.4 is 10.6 Å². The second-order valence-electron chi connectivity index (χ2n) is 6.49. The molecule has 3 aromatic rings. The Morgan fingerprint density at radius 3 is 2.32 bits per heavy atom. The molecule has 3 N–H and O–H groups in total. The average molecular weight is 335 g/mol. The third-order valence-corrected chi connectivity index (χ3v) is 4.98. The van der Waals surface area contributed by atoms with E-state index in [1.54, 1.807) is 0 Å². The van der Waals surface area contributed by atoms with Crippen molar-refractivity contribution in [1.82, 2.24) is 4.98 Å². The molecule has 0 aliphatic carbocycles. The van der Waals surface area contributed by atoms with Crippen LogP contribution in [0.25, 0.3) is 22.2 Å². The maximum atomic E-state index is 5.69. The molecule has 3 heteroatoms. The van der Waals surface area contributed by atoms with Gasteiger partial charge >= 0.3 is 0 Å². The SMILES string of the molecule is CCN(CC)c1ccc(-c2[nH]c3ccccc3c2CCCCN)cc1. The van der Waals surface area contributed by atoms with Gasteiger partial charge in [0.15, 0.2) is 0 Å². The summed E-state index contributed by atoms with van der Waals surface area (Å²) in [6.07, 6.45) is 3.26. The third-order valence-electron chi connectivity index (χ3n) is 4.98. The maximum absolute atomic E-state index is 5.69. The van der Waals surface area contributed by atoms with Gasteiger partial charge in [-0.15, -0.1) is 0 Å². The first-order valence-corrected chi connectivity index (χ1v) is 9.43. The first-order chi connectivity index (χ1) is 12.3. The van der Waals surface area contributed by atoms with Gasteiger partial charge in [0.25, 0.3) is 0 Å². The Morgan fingerprint density at radius 2 is 1.64 bits per heavy atom. The third kappa shape index (κ3) is 3.72. The molecule has 1 aromatic heterocycles. The van der Waals surface area contributed by atoms with Crippen LogP contribution in [-0.4, -0.2) is 24.6 Å². The Morgan fingerprint density at radius 1 is 0.920 bits per heavy atom. The lowest BCUT2D eigenvalue weighted by Gasteiger charge is -2.21. The second kappa shape index (κ2) is 8.21. The van der Waals surface area contributed by atoms with Crippen molar-refractivity contribution in [2.45, 2.75) is 33.1 Å². The smallest absolute Gasteiger partial charge is 0.0497 e. The Labute approximate surface area is 150 Å². The van der Waals surface area contributed by atoms with E-state index >= 15 is 0 Å². The lowest BCUT2D eigenvalue weighted by Crippen LogP contribution is -2.21. The lowest BCUT2D eigenvalue weighted by atomic mass is 10.00. The van der Waals surface area contributed by atoms with E-state index < -0.39 is 0 Å². The molecule has 0 aliphatic rings. The summed E-state index contributed by atoms with van der Waals surface area (Å²) in [5.41, 5.74) is 12.1. The summed E-state index contributed by atoms with van der Waals surface area (Å²) in [5.74, 6) is 0. The molecule has 132 valence electrons. The molecule has 25 heavy (non-hydrogen) atoms. The predicted molar refractivity (Wildman–Crippen MR) is 109 cm³/mol. The number of aromatic nitrogens is 1. The molecule has 3 rings (SSSR count). The molecule has 0 radical (unpaired) electrons. The monoisotopic (exact) mass is 335 g/mol. The van der Waals surface area contributed by atoms with Gasteiger partial charge in [-0.3, -0.25) is 0 Å². The summed E-state index contributed by atoms with van der Waals surface area (Å²) in [5, 5.41) is 1.34. The van der Waals surface area contributed by atoms with Crippen molar-refractivity contribution in [1.29, 1.82) is 0 Å². The quantitative estimate of drug-likeness (QED) is 0.571. The first-order valence-electron chi connectivity index (χ1n) is 9.43. The van der Waals surface area contributed by atoms with Crippen LogP contribution in [0.1, 0.15) is 32.3 Å². The minimum Gasteiger partial charge on any atom is -0.372 e. The zero-order chi connectivity index (χ0) is 17.6. The molecule has 0 saturated heterocycles. The first kappa shape index (κ1) is 17.6. The van der Waals surface area contributed by atoms with Gasteiger partial charge in [0, 0.05) is 35.4 Å². The van der Waals surface area contributed by atoms with Crippen molar-refractivity contribution in [2.24, 2.45) is 5.73 Å². The number of hydrogen-bond donors (Lipinski definition) is 2. The number of para-hydroxylation sites is 1. The van der Waals surface area contributed by atoms with Crippen LogP contribution in [0.15, 0.2) is 48.5 Å². The minimum atomic E-state index is 0.760. The van der Waals surface area contributed by atoms with Crippen molar-refractivity contribution in [2.75, 3.05) is 24.5 Å². The van der Waals surface area contributed by atoms with E-state index in [-0.39, 0.29) is 0 Å². The van der Waals surface area contributed by atoms with Crippen molar-refractivity contribution in [3.05, 3.63) is 54.1 Å². The average Bonchev–Trinajstić information content (AvgIpc) is 3.02. The maximum Gasteiger partial charge on any atom is 0.0497 e. The highest BCUT2D eigenvalue weighted by Gasteiger charge is 2.13. The second-order valence-corrected chi connectivity index (χ2v) is 6.49. The highest BCUT2D eigenvalue weighted by molar-refractivity contribution is 5.90. The van der Waals surface area contributed by atoms with Gasteiger partial charge in [-0.05, 0) is 69.0 Å². The summed E-state index contributed by atoms with van der Waals surface area (Å²) in [6.45, 7) is 7.23. The zero-order valence-corrected chi connectivity index (χ0v) is 15.4. The minimum absolute atomic E-state index is 0.760. The Kier molecular flexibility index (Phi) is 5.77. The summed E-state index contributed by atoms with van der Waals surface area (Å²) >= 11 is 0. The molecule has 0 aliphatic heterocycles. The largest absolute Gasteiger partial charge is 0.372 e. The van der Waals surface area contributed by atoms with Gasteiger partial charge in [0.05, 0.1) is 0 Å². The van der Waals surface area contributed by atoms with Crippen LogP contribution in [0.4, 0.5) is 5.69 Å². The van der Waals surface area contributed by atoms with Gasteiger partial charge in [0.2, 0.25) is 0 Å². The molecule has 0 amide bonds. The molecule has 0 unspecified atom stereocenters. The van der Waals surface area contributed by atoms with Crippen molar-refractivity contribution in [3.63, 3.8) is 0 Å². The molecule has 0 fully saturated rings. The number of nitrogens with two attached hydrogens (primary N) is 1. The van der Waals surface area contributed by atoms with Crippen LogP contribution in [0, 0.1) is 0 Å². The van der Waals surface area contributed by atoms with Gasteiger partial charge in [0.1, 0.15) is 0 Å². The van der Waals surface area contributed by atoms with Crippen LogP contribution in [-0.2, 0) is 6.42 Å². The molecule has 0 atom stereocenters. The number of aromatic amines is 1. The fraction of sp³-hybridized carbons (Fsp3) is 0.364. The van der Waals surface area contributed by atoms with E-state index in [0.717, 1.165) is 38.9 Å². The number of fused-ring (bicyclic) bond motifs is 1. The van der Waals surface area contributed by atoms with Gasteiger partial charge < -0.3 is 15.6 Å². The Hall–Kier alpha value is -2.26. The fourth-order valence-electron chi connectivity index (χ4n) is 3.58. The molecule has 1 heterocycles. The zero-order valence-electron chi connectivity index (χ0n) is 15.4. The molecule has 0 spiro atoms. The van der Waals surface area contributed by atoms with Crippen LogP contribution in [0.2, 0.25) is 0 Å². The topological polar surface area (TPSA) is 45.0 Å². The molecule has 3 nitrogen and oxygen atoms in total. The van der Waals surface area contributed by atoms with Crippen LogP contribution >= 0.6 is 0 Å². The van der Waals surface area contributed by atoms with E-state index in [1.807, 2.05) is 0 Å². The number of H-pyrrole nitrogens is 1. The number of anilines is 1. The molecule has 0 bridgehead atoms. The molecule has 0 saturated carbocycles. The summed E-state index contributed by atoms with van der Waals surface area (Å²) in [6, 6.07) is 17.5. The molecular formula is C22H29N3. The molecule has 2 aromatic carbocycles. The number of hydrogen-bond acceptors (Lipinski definition) is 2. The highest BCUT2D eigenvalue weighted by atomic mass is 15.1. The number of aryl methyl sites for hydroxylation is 1. The Bertz CT molecular complexity index is 798. The number of rotatable bonds is 8. The predicted octanol–water partition coefficient (Wildman–Crippen LogP) is 4.96. The fourth-order valence-corrected chi connectivity index (χ4v) is 3.58. The van der Waals surface area contributed by atoms with Gasteiger partial charge in [-0.1, -0.05) is 30.3 Å². The standard InChI is InChI=1S/C22H29N3/c1-3-25(4-2)18-14-12-17(13-15-18)22-20(10-7-8-16-23)19-9-5-6-11-21(19)24-22/h5-6,9,11-15,24H,3-4,7-8,10,16,23H2,1-2H3. The van der Waals surface area contributed by atoms with Crippen LogP contribution in [0.3, 0.4) is 0 Å². The summed E-state index contributed by atoms with van der Waals surface area (Å²) in [4.78, 5) is 6.01. The van der Waals surface area contributed by atoms with E-state index in [9.17, 15) is 0 Å². The number of benzene rings is 2. The lowest BCUT2D eigenvalue weighted by molar-refractivity contribution is 0.748. The van der Waals surface area contributed by atoms with Crippen molar-refractivity contribution in [3.8, 4) is 11.3 Å². The Balaban J connectivity index is 1.98. The highest BCUT2D eigenvalue weighted by Crippen LogP contribution is 2.32. The normalized spacial score (nSPS) is 11.2. The van der Waals surface area contributed by atoms with E-state index in [0.29, 0.717) is 0 Å².